The molecule has 0 bridgehead atoms. The highest BCUT2D eigenvalue weighted by molar-refractivity contribution is 6.30. The van der Waals surface area contributed by atoms with Gasteiger partial charge in [-0.25, -0.2) is 18.7 Å². The summed E-state index contributed by atoms with van der Waals surface area (Å²) in [6, 6.07) is 3.50. The van der Waals surface area contributed by atoms with Crippen LogP contribution in [-0.4, -0.2) is 16.5 Å². The van der Waals surface area contributed by atoms with Crippen molar-refractivity contribution in [3.63, 3.8) is 0 Å². The van der Waals surface area contributed by atoms with Gasteiger partial charge in [0.15, 0.2) is 0 Å². The lowest BCUT2D eigenvalue weighted by Crippen LogP contribution is -2.10. The summed E-state index contributed by atoms with van der Waals surface area (Å²) in [5.41, 5.74) is 1.43. The van der Waals surface area contributed by atoms with Crippen LogP contribution in [0.1, 0.15) is 30.9 Å². The van der Waals surface area contributed by atoms with Crippen LogP contribution in [-0.2, 0) is 6.42 Å². The van der Waals surface area contributed by atoms with E-state index in [0.717, 1.165) is 11.6 Å². The average molecular weight is 312 g/mol. The number of rotatable bonds is 5. The minimum Gasteiger partial charge on any atom is -0.369 e. The van der Waals surface area contributed by atoms with Gasteiger partial charge >= 0.3 is 0 Å². The molecule has 1 aromatic carbocycles. The first-order chi connectivity index (χ1) is 9.97. The Kier molecular flexibility index (Phi) is 5.07. The van der Waals surface area contributed by atoms with Gasteiger partial charge in [0, 0.05) is 18.2 Å². The van der Waals surface area contributed by atoms with Crippen molar-refractivity contribution in [2.24, 2.45) is 0 Å². The average Bonchev–Trinajstić information content (AvgIpc) is 2.37. The fourth-order valence-electron chi connectivity index (χ4n) is 2.11. The fourth-order valence-corrected chi connectivity index (χ4v) is 2.46. The summed E-state index contributed by atoms with van der Waals surface area (Å²) in [4.78, 5) is 8.14. The second-order valence-corrected chi connectivity index (χ2v) is 5.39. The predicted molar refractivity (Wildman–Crippen MR) is 79.7 cm³/mol. The van der Waals surface area contributed by atoms with E-state index >= 15 is 0 Å². The molecule has 0 saturated carbocycles. The smallest absolute Gasteiger partial charge is 0.138 e. The molecule has 2 aromatic rings. The minimum absolute atomic E-state index is 0.174. The summed E-state index contributed by atoms with van der Waals surface area (Å²) < 4.78 is 26.2. The SMILES string of the molecule is CC(C)c1c(Cl)ncnc1NCCc1cc(F)cc(F)c1. The molecule has 0 spiro atoms. The summed E-state index contributed by atoms with van der Waals surface area (Å²) in [6.07, 6.45) is 1.87. The normalized spacial score (nSPS) is 11.0. The van der Waals surface area contributed by atoms with Crippen LogP contribution in [0.3, 0.4) is 0 Å². The van der Waals surface area contributed by atoms with Gasteiger partial charge in [-0.15, -0.1) is 0 Å². The van der Waals surface area contributed by atoms with Crippen LogP contribution in [0.2, 0.25) is 5.15 Å². The number of hydrogen-bond donors (Lipinski definition) is 1. The fraction of sp³-hybridized carbons (Fsp3) is 0.333. The highest BCUT2D eigenvalue weighted by atomic mass is 35.5. The lowest BCUT2D eigenvalue weighted by atomic mass is 10.1. The number of benzene rings is 1. The molecule has 0 amide bonds. The van der Waals surface area contributed by atoms with Gasteiger partial charge in [0.2, 0.25) is 0 Å². The first kappa shape index (κ1) is 15.6. The molecule has 0 unspecified atom stereocenters. The Balaban J connectivity index is 2.05. The standard InChI is InChI=1S/C15H16ClF2N3/c1-9(2)13-14(16)20-8-21-15(13)19-4-3-10-5-11(17)7-12(18)6-10/h5-9H,3-4H2,1-2H3,(H,19,20,21). The Bertz CT molecular complexity index is 612. The van der Waals surface area contributed by atoms with E-state index in [2.05, 4.69) is 15.3 Å². The molecular formula is C15H16ClF2N3. The zero-order valence-electron chi connectivity index (χ0n) is 11.8. The van der Waals surface area contributed by atoms with Gasteiger partial charge < -0.3 is 5.32 Å². The Morgan fingerprint density at radius 2 is 1.81 bits per heavy atom. The number of nitrogens with one attached hydrogen (secondary N) is 1. The van der Waals surface area contributed by atoms with Crippen molar-refractivity contribution in [1.29, 1.82) is 0 Å². The monoisotopic (exact) mass is 311 g/mol. The summed E-state index contributed by atoms with van der Waals surface area (Å²) in [6.45, 7) is 4.49. The number of nitrogens with zero attached hydrogens (tertiary/aromatic N) is 2. The Labute approximate surface area is 127 Å². The van der Waals surface area contributed by atoms with Crippen LogP contribution < -0.4 is 5.32 Å². The van der Waals surface area contributed by atoms with Gasteiger partial charge in [-0.1, -0.05) is 25.4 Å². The van der Waals surface area contributed by atoms with Crippen LogP contribution in [0.15, 0.2) is 24.5 Å². The van der Waals surface area contributed by atoms with Crippen LogP contribution in [0.4, 0.5) is 14.6 Å². The van der Waals surface area contributed by atoms with Crippen LogP contribution >= 0.6 is 11.6 Å². The van der Waals surface area contributed by atoms with E-state index in [-0.39, 0.29) is 5.92 Å². The second kappa shape index (κ2) is 6.80. The third-order valence-electron chi connectivity index (χ3n) is 3.04. The Morgan fingerprint density at radius 3 is 2.43 bits per heavy atom. The van der Waals surface area contributed by atoms with Gasteiger partial charge in [0.05, 0.1) is 0 Å². The van der Waals surface area contributed by atoms with Crippen molar-refractivity contribution in [2.75, 3.05) is 11.9 Å². The van der Waals surface area contributed by atoms with Crippen molar-refractivity contribution < 1.29 is 8.78 Å². The van der Waals surface area contributed by atoms with Gasteiger partial charge in [0.25, 0.3) is 0 Å². The lowest BCUT2D eigenvalue weighted by Gasteiger charge is -2.14. The molecule has 0 aliphatic rings. The van der Waals surface area contributed by atoms with Crippen molar-refractivity contribution in [2.45, 2.75) is 26.2 Å². The summed E-state index contributed by atoms with van der Waals surface area (Å²) in [5, 5.41) is 3.56. The first-order valence-corrected chi connectivity index (χ1v) is 7.04. The van der Waals surface area contributed by atoms with E-state index in [9.17, 15) is 8.78 Å². The molecule has 1 heterocycles. The first-order valence-electron chi connectivity index (χ1n) is 6.66. The van der Waals surface area contributed by atoms with E-state index in [1.165, 1.54) is 18.5 Å². The lowest BCUT2D eigenvalue weighted by molar-refractivity contribution is 0.580. The van der Waals surface area contributed by atoms with E-state index < -0.39 is 11.6 Å². The molecule has 1 N–H and O–H groups in total. The van der Waals surface area contributed by atoms with E-state index in [1.54, 1.807) is 0 Å². The Hall–Kier alpha value is -1.75. The second-order valence-electron chi connectivity index (χ2n) is 5.04. The molecule has 2 rings (SSSR count). The molecule has 0 radical (unpaired) electrons. The molecule has 112 valence electrons. The maximum atomic E-state index is 13.1. The van der Waals surface area contributed by atoms with E-state index in [1.807, 2.05) is 13.8 Å². The molecule has 0 aliphatic heterocycles. The van der Waals surface area contributed by atoms with E-state index in [4.69, 9.17) is 11.6 Å². The molecule has 1 aromatic heterocycles. The predicted octanol–water partition coefficient (Wildman–Crippen LogP) is 4.19. The molecule has 3 nitrogen and oxygen atoms in total. The molecule has 0 aliphatic carbocycles. The summed E-state index contributed by atoms with van der Waals surface area (Å²) in [5.74, 6) is -0.314. The van der Waals surface area contributed by atoms with Gasteiger partial charge in [-0.2, -0.15) is 0 Å². The van der Waals surface area contributed by atoms with Gasteiger partial charge in [-0.3, -0.25) is 0 Å². The van der Waals surface area contributed by atoms with Crippen molar-refractivity contribution in [3.05, 3.63) is 52.4 Å². The highest BCUT2D eigenvalue weighted by Crippen LogP contribution is 2.27. The number of halogens is 3. The molecule has 0 saturated heterocycles. The third-order valence-corrected chi connectivity index (χ3v) is 3.34. The third kappa shape index (κ3) is 4.11. The quantitative estimate of drug-likeness (QED) is 0.842. The van der Waals surface area contributed by atoms with Gasteiger partial charge in [-0.05, 0) is 30.0 Å². The summed E-state index contributed by atoms with van der Waals surface area (Å²) >= 11 is 6.07. The van der Waals surface area contributed by atoms with Crippen LogP contribution in [0, 0.1) is 11.6 Å². The number of hydrogen-bond acceptors (Lipinski definition) is 3. The maximum absolute atomic E-state index is 13.1. The number of anilines is 1. The zero-order valence-corrected chi connectivity index (χ0v) is 12.6. The molecular weight excluding hydrogens is 296 g/mol. The van der Waals surface area contributed by atoms with Crippen molar-refractivity contribution >= 4 is 17.4 Å². The Morgan fingerprint density at radius 1 is 1.14 bits per heavy atom. The largest absolute Gasteiger partial charge is 0.369 e. The van der Waals surface area contributed by atoms with Crippen LogP contribution in [0.5, 0.6) is 0 Å². The topological polar surface area (TPSA) is 37.8 Å². The van der Waals surface area contributed by atoms with Gasteiger partial charge in [0.1, 0.15) is 28.9 Å². The highest BCUT2D eigenvalue weighted by Gasteiger charge is 2.13. The van der Waals surface area contributed by atoms with Crippen LogP contribution in [0.25, 0.3) is 0 Å². The van der Waals surface area contributed by atoms with Crippen molar-refractivity contribution in [3.8, 4) is 0 Å². The maximum Gasteiger partial charge on any atom is 0.138 e. The number of aromatic nitrogens is 2. The molecule has 6 heteroatoms. The van der Waals surface area contributed by atoms with E-state index in [0.29, 0.717) is 29.5 Å². The molecule has 0 fully saturated rings. The minimum atomic E-state index is -0.571. The zero-order chi connectivity index (χ0) is 15.4. The summed E-state index contributed by atoms with van der Waals surface area (Å²) in [7, 11) is 0. The molecule has 21 heavy (non-hydrogen) atoms. The molecule has 0 atom stereocenters. The van der Waals surface area contributed by atoms with Crippen molar-refractivity contribution in [1.82, 2.24) is 9.97 Å².